The van der Waals surface area contributed by atoms with Crippen LogP contribution in [-0.4, -0.2) is 45.0 Å². The van der Waals surface area contributed by atoms with Crippen molar-refractivity contribution in [1.29, 1.82) is 0 Å². The van der Waals surface area contributed by atoms with E-state index in [1.54, 1.807) is 37.5 Å². The third kappa shape index (κ3) is 5.82. The fourth-order valence-corrected chi connectivity index (χ4v) is 2.98. The maximum absolute atomic E-state index is 12.6. The first-order chi connectivity index (χ1) is 14.6. The molecular weight excluding hydrogens is 374 g/mol. The smallest absolute Gasteiger partial charge is 0.185 e. The van der Waals surface area contributed by atoms with Crippen molar-refractivity contribution in [2.24, 2.45) is 0 Å². The van der Waals surface area contributed by atoms with E-state index in [2.05, 4.69) is 23.1 Å². The number of ether oxygens (including phenoxy) is 2. The molecule has 0 radical (unpaired) electrons. The van der Waals surface area contributed by atoms with Gasteiger partial charge < -0.3 is 14.4 Å². The third-order valence-electron chi connectivity index (χ3n) is 4.70. The minimum Gasteiger partial charge on any atom is -0.497 e. The van der Waals surface area contributed by atoms with E-state index in [0.29, 0.717) is 12.2 Å². The molecule has 0 atom stereocenters. The fraction of sp³-hybridized carbons (Fsp3) is 0.192. The zero-order chi connectivity index (χ0) is 21.3. The first kappa shape index (κ1) is 21.3. The van der Waals surface area contributed by atoms with Gasteiger partial charge in [-0.2, -0.15) is 0 Å². The van der Waals surface area contributed by atoms with Crippen LogP contribution in [0.3, 0.4) is 0 Å². The molecule has 0 aliphatic heterocycles. The fourth-order valence-electron chi connectivity index (χ4n) is 2.98. The molecule has 0 fully saturated rings. The van der Waals surface area contributed by atoms with Crippen molar-refractivity contribution in [1.82, 2.24) is 4.90 Å². The molecule has 0 aromatic heterocycles. The van der Waals surface area contributed by atoms with Crippen LogP contribution in [0.25, 0.3) is 17.2 Å². The van der Waals surface area contributed by atoms with Crippen LogP contribution in [0.5, 0.6) is 11.5 Å². The number of rotatable bonds is 9. The van der Waals surface area contributed by atoms with E-state index in [-0.39, 0.29) is 5.78 Å². The largest absolute Gasteiger partial charge is 0.497 e. The molecule has 0 N–H and O–H groups in total. The van der Waals surface area contributed by atoms with E-state index in [1.807, 2.05) is 50.5 Å². The zero-order valence-corrected chi connectivity index (χ0v) is 17.7. The van der Waals surface area contributed by atoms with Gasteiger partial charge in [-0.1, -0.05) is 36.4 Å². The van der Waals surface area contributed by atoms with Crippen molar-refractivity contribution < 1.29 is 14.3 Å². The molecular formula is C26H27NO3. The standard InChI is InChI=1S/C26H27NO3/c1-27(2)17-18-30-26-16-12-22(20-7-5-4-6-8-20)19-23(26)11-15-25(28)21-9-13-24(29-3)14-10-21/h4-16,19H,17-18H2,1-3H3. The maximum Gasteiger partial charge on any atom is 0.185 e. The van der Waals surface area contributed by atoms with Gasteiger partial charge in [0, 0.05) is 17.7 Å². The topological polar surface area (TPSA) is 38.8 Å². The number of hydrogen-bond acceptors (Lipinski definition) is 4. The van der Waals surface area contributed by atoms with Gasteiger partial charge in [-0.3, -0.25) is 4.79 Å². The summed E-state index contributed by atoms with van der Waals surface area (Å²) in [5.41, 5.74) is 3.68. The van der Waals surface area contributed by atoms with Crippen molar-refractivity contribution in [3.05, 3.63) is 90.0 Å². The van der Waals surface area contributed by atoms with Crippen molar-refractivity contribution in [3.63, 3.8) is 0 Å². The van der Waals surface area contributed by atoms with Crippen LogP contribution in [-0.2, 0) is 0 Å². The van der Waals surface area contributed by atoms with Crippen LogP contribution in [0, 0.1) is 0 Å². The van der Waals surface area contributed by atoms with Crippen molar-refractivity contribution in [3.8, 4) is 22.6 Å². The number of hydrogen-bond donors (Lipinski definition) is 0. The monoisotopic (exact) mass is 401 g/mol. The van der Waals surface area contributed by atoms with E-state index in [1.165, 1.54) is 0 Å². The predicted octanol–water partition coefficient (Wildman–Crippen LogP) is 5.20. The zero-order valence-electron chi connectivity index (χ0n) is 17.7. The number of methoxy groups -OCH3 is 1. The minimum atomic E-state index is -0.0676. The summed E-state index contributed by atoms with van der Waals surface area (Å²) in [4.78, 5) is 14.7. The lowest BCUT2D eigenvalue weighted by molar-refractivity contribution is 0.104. The Hall–Kier alpha value is -3.37. The third-order valence-corrected chi connectivity index (χ3v) is 4.70. The summed E-state index contributed by atoms with van der Waals surface area (Å²) in [5, 5.41) is 0. The first-order valence-corrected chi connectivity index (χ1v) is 9.90. The second-order valence-electron chi connectivity index (χ2n) is 7.20. The maximum atomic E-state index is 12.6. The molecule has 0 unspecified atom stereocenters. The summed E-state index contributed by atoms with van der Waals surface area (Å²) < 4.78 is 11.1. The van der Waals surface area contributed by atoms with Crippen molar-refractivity contribution >= 4 is 11.9 Å². The summed E-state index contributed by atoms with van der Waals surface area (Å²) in [7, 11) is 5.63. The Labute approximate surface area is 178 Å². The lowest BCUT2D eigenvalue weighted by Crippen LogP contribution is -2.19. The summed E-state index contributed by atoms with van der Waals surface area (Å²) in [5.74, 6) is 1.42. The van der Waals surface area contributed by atoms with Gasteiger partial charge in [0.05, 0.1) is 7.11 Å². The molecule has 4 nitrogen and oxygen atoms in total. The second kappa shape index (κ2) is 10.4. The van der Waals surface area contributed by atoms with E-state index >= 15 is 0 Å². The van der Waals surface area contributed by atoms with Crippen LogP contribution >= 0.6 is 0 Å². The second-order valence-corrected chi connectivity index (χ2v) is 7.20. The van der Waals surface area contributed by atoms with Gasteiger partial charge in [0.2, 0.25) is 0 Å². The van der Waals surface area contributed by atoms with Crippen LogP contribution in [0.1, 0.15) is 15.9 Å². The number of carbonyl (C=O) groups is 1. The lowest BCUT2D eigenvalue weighted by Gasteiger charge is -2.14. The van der Waals surface area contributed by atoms with Gasteiger partial charge in [-0.15, -0.1) is 0 Å². The van der Waals surface area contributed by atoms with E-state index in [4.69, 9.17) is 9.47 Å². The van der Waals surface area contributed by atoms with Gasteiger partial charge in [0.15, 0.2) is 5.78 Å². The highest BCUT2D eigenvalue weighted by Gasteiger charge is 2.07. The predicted molar refractivity (Wildman–Crippen MR) is 122 cm³/mol. The Morgan fingerprint density at radius 1 is 0.933 bits per heavy atom. The Balaban J connectivity index is 1.86. The quantitative estimate of drug-likeness (QED) is 0.365. The van der Waals surface area contributed by atoms with Gasteiger partial charge >= 0.3 is 0 Å². The SMILES string of the molecule is COc1ccc(C(=O)C=Cc2cc(-c3ccccc3)ccc2OCCN(C)C)cc1. The molecule has 0 spiro atoms. The summed E-state index contributed by atoms with van der Waals surface area (Å²) >= 11 is 0. The Morgan fingerprint density at radius 2 is 1.67 bits per heavy atom. The molecule has 154 valence electrons. The molecule has 0 aliphatic rings. The summed E-state index contributed by atoms with van der Waals surface area (Å²) in [6, 6.07) is 23.3. The molecule has 3 aromatic rings. The average molecular weight is 402 g/mol. The molecule has 3 aromatic carbocycles. The number of nitrogens with zero attached hydrogens (tertiary/aromatic N) is 1. The van der Waals surface area contributed by atoms with Crippen LogP contribution in [0.4, 0.5) is 0 Å². The average Bonchev–Trinajstić information content (AvgIpc) is 2.78. The number of allylic oxidation sites excluding steroid dienone is 1. The molecule has 0 saturated heterocycles. The van der Waals surface area contributed by atoms with Crippen LogP contribution in [0.15, 0.2) is 78.9 Å². The summed E-state index contributed by atoms with van der Waals surface area (Å²) in [6.07, 6.45) is 3.41. The summed E-state index contributed by atoms with van der Waals surface area (Å²) in [6.45, 7) is 1.39. The molecule has 3 rings (SSSR count). The highest BCUT2D eigenvalue weighted by Crippen LogP contribution is 2.28. The lowest BCUT2D eigenvalue weighted by atomic mass is 10.0. The highest BCUT2D eigenvalue weighted by molar-refractivity contribution is 6.07. The van der Waals surface area contributed by atoms with Crippen LogP contribution < -0.4 is 9.47 Å². The van der Waals surface area contributed by atoms with E-state index in [0.717, 1.165) is 34.7 Å². The van der Waals surface area contributed by atoms with Gasteiger partial charge in [0.25, 0.3) is 0 Å². The molecule has 0 heterocycles. The number of benzene rings is 3. The Kier molecular flexibility index (Phi) is 7.41. The van der Waals surface area contributed by atoms with Crippen molar-refractivity contribution in [2.75, 3.05) is 34.4 Å². The Morgan fingerprint density at radius 3 is 2.33 bits per heavy atom. The number of ketones is 1. The number of carbonyl (C=O) groups excluding carboxylic acids is 1. The van der Waals surface area contributed by atoms with E-state index < -0.39 is 0 Å². The number of likely N-dealkylation sites (N-methyl/N-ethyl adjacent to an activating group) is 1. The molecule has 0 saturated carbocycles. The van der Waals surface area contributed by atoms with Crippen LogP contribution in [0.2, 0.25) is 0 Å². The highest BCUT2D eigenvalue weighted by atomic mass is 16.5. The molecule has 30 heavy (non-hydrogen) atoms. The van der Waals surface area contributed by atoms with Gasteiger partial charge in [0.1, 0.15) is 18.1 Å². The Bertz CT molecular complexity index is 993. The van der Waals surface area contributed by atoms with E-state index in [9.17, 15) is 4.79 Å². The molecule has 0 bridgehead atoms. The molecule has 0 amide bonds. The van der Waals surface area contributed by atoms with Gasteiger partial charge in [-0.25, -0.2) is 0 Å². The first-order valence-electron chi connectivity index (χ1n) is 9.90. The molecule has 4 heteroatoms. The molecule has 0 aliphatic carbocycles. The minimum absolute atomic E-state index is 0.0676. The van der Waals surface area contributed by atoms with Crippen molar-refractivity contribution in [2.45, 2.75) is 0 Å². The normalized spacial score (nSPS) is 11.1. The van der Waals surface area contributed by atoms with Gasteiger partial charge in [-0.05, 0) is 73.8 Å².